The summed E-state index contributed by atoms with van der Waals surface area (Å²) in [7, 11) is 0. The van der Waals surface area contributed by atoms with Gasteiger partial charge in [-0.05, 0) is 30.4 Å². The predicted molar refractivity (Wildman–Crippen MR) is 114 cm³/mol. The first-order valence-electron chi connectivity index (χ1n) is 10.6. The van der Waals surface area contributed by atoms with Gasteiger partial charge in [-0.1, -0.05) is 20.8 Å². The summed E-state index contributed by atoms with van der Waals surface area (Å²) in [6.07, 6.45) is -0.844. The molecule has 1 aromatic rings. The molecule has 176 valence electrons. The minimum atomic E-state index is -1.17. The second-order valence-electron chi connectivity index (χ2n) is 9.38. The van der Waals surface area contributed by atoms with Gasteiger partial charge in [0.2, 0.25) is 0 Å². The maximum absolute atomic E-state index is 13.8. The first-order chi connectivity index (χ1) is 15.0. The first kappa shape index (κ1) is 23.8. The van der Waals surface area contributed by atoms with E-state index in [2.05, 4.69) is 10.6 Å². The molecule has 0 unspecified atom stereocenters. The van der Waals surface area contributed by atoms with Crippen molar-refractivity contribution in [3.8, 4) is 5.75 Å². The maximum atomic E-state index is 13.8. The topological polar surface area (TPSA) is 129 Å². The second-order valence-corrected chi connectivity index (χ2v) is 9.38. The molecule has 1 fully saturated rings. The van der Waals surface area contributed by atoms with Crippen LogP contribution in [0.25, 0.3) is 0 Å². The van der Waals surface area contributed by atoms with Gasteiger partial charge in [0.25, 0.3) is 11.8 Å². The van der Waals surface area contributed by atoms with Crippen LogP contribution in [0.2, 0.25) is 0 Å². The first-order valence-corrected chi connectivity index (χ1v) is 10.6. The highest BCUT2D eigenvalue weighted by molar-refractivity contribution is 6.00. The number of ether oxygens (including phenoxy) is 3. The molecule has 0 aromatic heterocycles. The van der Waals surface area contributed by atoms with Crippen LogP contribution >= 0.6 is 0 Å². The zero-order chi connectivity index (χ0) is 23.5. The molecule has 2 heterocycles. The molecule has 0 aliphatic carbocycles. The molecular formula is C22H30FN3O6. The number of carbonyl (C=O) groups excluding carboxylic acids is 3. The van der Waals surface area contributed by atoms with E-state index < -0.39 is 41.5 Å². The number of nitrogens with two attached hydrogens (primary N) is 1. The summed E-state index contributed by atoms with van der Waals surface area (Å²) in [5.41, 5.74) is 4.20. The molecule has 1 spiro atoms. The number of hydrogen-bond donors (Lipinski definition) is 3. The zero-order valence-corrected chi connectivity index (χ0v) is 18.5. The fraction of sp³-hybridized carbons (Fsp3) is 0.591. The molecule has 0 bridgehead atoms. The number of nitrogens with one attached hydrogen (secondary N) is 2. The summed E-state index contributed by atoms with van der Waals surface area (Å²) in [5, 5.41) is 5.40. The Morgan fingerprint density at radius 2 is 2.03 bits per heavy atom. The summed E-state index contributed by atoms with van der Waals surface area (Å²) in [6, 6.07) is 2.69. The van der Waals surface area contributed by atoms with Gasteiger partial charge in [-0.2, -0.15) is 0 Å². The summed E-state index contributed by atoms with van der Waals surface area (Å²) in [4.78, 5) is 37.7. The Balaban J connectivity index is 1.88. The molecule has 2 aliphatic heterocycles. The third-order valence-corrected chi connectivity index (χ3v) is 5.64. The second kappa shape index (κ2) is 9.32. The van der Waals surface area contributed by atoms with Gasteiger partial charge in [0.05, 0.1) is 18.9 Å². The Morgan fingerprint density at radius 1 is 1.34 bits per heavy atom. The van der Waals surface area contributed by atoms with Crippen molar-refractivity contribution in [2.75, 3.05) is 18.5 Å². The number of carbonyl (C=O) groups is 3. The van der Waals surface area contributed by atoms with Crippen molar-refractivity contribution >= 4 is 23.6 Å². The molecule has 0 saturated carbocycles. The van der Waals surface area contributed by atoms with Crippen LogP contribution in [0.3, 0.4) is 0 Å². The lowest BCUT2D eigenvalue weighted by atomic mass is 9.84. The standard InChI is InChI=1S/C22H30FN3O6/c1-21(2,3)7-6-15(31-20(24)29)18(27)26-17-19(28)25-14-5-4-13(23)12-16(14)32-22(17)8-10-30-11-9-22/h4-5,12,15,17H,6-11H2,1-3H3,(H2,24,29)(H,25,28)(H,26,27)/t15-,17-/m0/s1. The average Bonchev–Trinajstić information content (AvgIpc) is 2.80. The van der Waals surface area contributed by atoms with Crippen molar-refractivity contribution in [2.45, 2.75) is 64.2 Å². The smallest absolute Gasteiger partial charge is 0.405 e. The van der Waals surface area contributed by atoms with Crippen LogP contribution < -0.4 is 21.1 Å². The summed E-state index contributed by atoms with van der Waals surface area (Å²) >= 11 is 0. The molecule has 2 atom stereocenters. The van der Waals surface area contributed by atoms with Crippen molar-refractivity contribution in [3.63, 3.8) is 0 Å². The molecule has 0 radical (unpaired) electrons. The molecule has 9 nitrogen and oxygen atoms in total. The van der Waals surface area contributed by atoms with E-state index in [1.165, 1.54) is 18.2 Å². The molecule has 32 heavy (non-hydrogen) atoms. The Hall–Kier alpha value is -2.88. The van der Waals surface area contributed by atoms with E-state index >= 15 is 0 Å². The minimum absolute atomic E-state index is 0.115. The van der Waals surface area contributed by atoms with Crippen LogP contribution in [-0.4, -0.2) is 48.9 Å². The molecular weight excluding hydrogens is 421 g/mol. The van der Waals surface area contributed by atoms with E-state index in [4.69, 9.17) is 19.9 Å². The largest absolute Gasteiger partial charge is 0.482 e. The Bertz CT molecular complexity index is 879. The van der Waals surface area contributed by atoms with Gasteiger partial charge in [0.15, 0.2) is 6.10 Å². The van der Waals surface area contributed by atoms with Gasteiger partial charge in [0, 0.05) is 18.9 Å². The van der Waals surface area contributed by atoms with Gasteiger partial charge >= 0.3 is 6.09 Å². The van der Waals surface area contributed by atoms with Gasteiger partial charge in [0.1, 0.15) is 23.2 Å². The van der Waals surface area contributed by atoms with Crippen molar-refractivity contribution in [1.82, 2.24) is 5.32 Å². The van der Waals surface area contributed by atoms with Crippen molar-refractivity contribution in [2.24, 2.45) is 11.1 Å². The Kier molecular flexibility index (Phi) is 6.92. The van der Waals surface area contributed by atoms with E-state index in [-0.39, 0.29) is 17.6 Å². The summed E-state index contributed by atoms with van der Waals surface area (Å²) < 4.78 is 30.5. The van der Waals surface area contributed by atoms with Crippen molar-refractivity contribution in [3.05, 3.63) is 24.0 Å². The number of benzene rings is 1. The number of halogens is 1. The summed E-state index contributed by atoms with van der Waals surface area (Å²) in [6.45, 7) is 6.58. The number of rotatable bonds is 5. The highest BCUT2D eigenvalue weighted by Crippen LogP contribution is 2.38. The van der Waals surface area contributed by atoms with Crippen LogP contribution in [0, 0.1) is 11.2 Å². The number of anilines is 1. The van der Waals surface area contributed by atoms with Crippen molar-refractivity contribution < 1.29 is 33.0 Å². The lowest BCUT2D eigenvalue weighted by Gasteiger charge is -2.41. The lowest BCUT2D eigenvalue weighted by molar-refractivity contribution is -0.140. The molecule has 2 aliphatic rings. The van der Waals surface area contributed by atoms with Crippen molar-refractivity contribution in [1.29, 1.82) is 0 Å². The van der Waals surface area contributed by atoms with Gasteiger partial charge in [-0.15, -0.1) is 0 Å². The van der Waals surface area contributed by atoms with Gasteiger partial charge < -0.3 is 30.6 Å². The summed E-state index contributed by atoms with van der Waals surface area (Å²) in [5.74, 6) is -1.51. The van der Waals surface area contributed by atoms with E-state index in [1.807, 2.05) is 20.8 Å². The maximum Gasteiger partial charge on any atom is 0.405 e. The third kappa shape index (κ3) is 5.67. The minimum Gasteiger partial charge on any atom is -0.482 e. The number of primary amides is 1. The van der Waals surface area contributed by atoms with E-state index in [9.17, 15) is 18.8 Å². The van der Waals surface area contributed by atoms with E-state index in [0.29, 0.717) is 38.2 Å². The SMILES string of the molecule is CC(C)(C)CC[C@H](OC(N)=O)C(=O)N[C@H]1C(=O)Nc2ccc(F)cc2OC12CCOCC2. The lowest BCUT2D eigenvalue weighted by Crippen LogP contribution is -2.63. The van der Waals surface area contributed by atoms with Crippen LogP contribution in [0.15, 0.2) is 18.2 Å². The Morgan fingerprint density at radius 3 is 2.66 bits per heavy atom. The van der Waals surface area contributed by atoms with Crippen LogP contribution in [-0.2, 0) is 19.1 Å². The molecule has 10 heteroatoms. The third-order valence-electron chi connectivity index (χ3n) is 5.64. The molecule has 1 saturated heterocycles. The quantitative estimate of drug-likeness (QED) is 0.631. The highest BCUT2D eigenvalue weighted by Gasteiger charge is 2.50. The van der Waals surface area contributed by atoms with E-state index in [1.54, 1.807) is 0 Å². The number of amides is 3. The zero-order valence-electron chi connectivity index (χ0n) is 18.5. The fourth-order valence-corrected chi connectivity index (χ4v) is 3.89. The number of fused-ring (bicyclic) bond motifs is 1. The fourth-order valence-electron chi connectivity index (χ4n) is 3.89. The normalized spacial score (nSPS) is 20.9. The van der Waals surface area contributed by atoms with Gasteiger partial charge in [-0.3, -0.25) is 9.59 Å². The van der Waals surface area contributed by atoms with Crippen LogP contribution in [0.4, 0.5) is 14.9 Å². The molecule has 3 amide bonds. The number of hydrogen-bond acceptors (Lipinski definition) is 6. The molecule has 3 rings (SSSR count). The highest BCUT2D eigenvalue weighted by atomic mass is 19.1. The Labute approximate surface area is 186 Å². The average molecular weight is 451 g/mol. The van der Waals surface area contributed by atoms with E-state index in [0.717, 1.165) is 0 Å². The van der Waals surface area contributed by atoms with Gasteiger partial charge in [-0.25, -0.2) is 9.18 Å². The van der Waals surface area contributed by atoms with Crippen LogP contribution in [0.5, 0.6) is 5.75 Å². The predicted octanol–water partition coefficient (Wildman–Crippen LogP) is 2.48. The van der Waals surface area contributed by atoms with Crippen LogP contribution in [0.1, 0.15) is 46.5 Å². The molecule has 4 N–H and O–H groups in total. The molecule has 1 aromatic carbocycles. The monoisotopic (exact) mass is 451 g/mol.